The van der Waals surface area contributed by atoms with Crippen molar-refractivity contribution in [3.63, 3.8) is 0 Å². The molecule has 1 unspecified atom stereocenters. The average molecular weight is 271 g/mol. The fourth-order valence-corrected chi connectivity index (χ4v) is 1.99. The molecule has 2 rings (SSSR count). The van der Waals surface area contributed by atoms with Crippen molar-refractivity contribution < 1.29 is 9.47 Å². The van der Waals surface area contributed by atoms with Crippen LogP contribution in [0.25, 0.3) is 0 Å². The molecule has 2 aromatic carbocycles. The van der Waals surface area contributed by atoms with E-state index in [4.69, 9.17) is 15.2 Å². The van der Waals surface area contributed by atoms with Crippen molar-refractivity contribution in [3.8, 4) is 17.2 Å². The highest BCUT2D eigenvalue weighted by Crippen LogP contribution is 2.28. The highest BCUT2D eigenvalue weighted by atomic mass is 16.5. The second kappa shape index (κ2) is 6.96. The molecule has 0 aliphatic carbocycles. The van der Waals surface area contributed by atoms with Crippen molar-refractivity contribution in [2.24, 2.45) is 5.73 Å². The van der Waals surface area contributed by atoms with Gasteiger partial charge in [0.05, 0.1) is 7.11 Å². The predicted octanol–water partition coefficient (Wildman–Crippen LogP) is 3.77. The molecule has 0 radical (unpaired) electrons. The molecule has 0 aliphatic rings. The number of para-hydroxylation sites is 1. The maximum absolute atomic E-state index is 6.04. The van der Waals surface area contributed by atoms with Crippen LogP contribution in [0, 0.1) is 0 Å². The Morgan fingerprint density at radius 2 is 1.80 bits per heavy atom. The summed E-state index contributed by atoms with van der Waals surface area (Å²) in [5.74, 6) is 2.40. The number of methoxy groups -OCH3 is 1. The Hall–Kier alpha value is -2.00. The first-order valence-corrected chi connectivity index (χ1v) is 6.88. The van der Waals surface area contributed by atoms with Crippen LogP contribution in [0.1, 0.15) is 18.9 Å². The molecule has 0 saturated heterocycles. The van der Waals surface area contributed by atoms with Crippen molar-refractivity contribution in [1.82, 2.24) is 0 Å². The predicted molar refractivity (Wildman–Crippen MR) is 81.5 cm³/mol. The van der Waals surface area contributed by atoms with Gasteiger partial charge in [-0.1, -0.05) is 31.2 Å². The van der Waals surface area contributed by atoms with Crippen LogP contribution < -0.4 is 15.2 Å². The second-order valence-electron chi connectivity index (χ2n) is 4.76. The number of ether oxygens (including phenoxy) is 2. The summed E-state index contributed by atoms with van der Waals surface area (Å²) in [6.07, 6.45) is 1.77. The van der Waals surface area contributed by atoms with Crippen LogP contribution in [0.15, 0.2) is 48.5 Å². The summed E-state index contributed by atoms with van der Waals surface area (Å²) < 4.78 is 11.2. The van der Waals surface area contributed by atoms with Gasteiger partial charge in [0.25, 0.3) is 0 Å². The van der Waals surface area contributed by atoms with Crippen LogP contribution in [0.3, 0.4) is 0 Å². The summed E-state index contributed by atoms with van der Waals surface area (Å²) in [6, 6.07) is 15.8. The molecule has 20 heavy (non-hydrogen) atoms. The van der Waals surface area contributed by atoms with Crippen molar-refractivity contribution in [2.45, 2.75) is 25.8 Å². The van der Waals surface area contributed by atoms with Crippen LogP contribution >= 0.6 is 0 Å². The first-order chi connectivity index (χ1) is 9.72. The molecule has 0 aromatic heterocycles. The maximum atomic E-state index is 6.04. The zero-order chi connectivity index (χ0) is 14.4. The van der Waals surface area contributed by atoms with Gasteiger partial charge in [-0.05, 0) is 36.6 Å². The molecule has 0 fully saturated rings. The van der Waals surface area contributed by atoms with Crippen LogP contribution in [-0.2, 0) is 6.42 Å². The summed E-state index contributed by atoms with van der Waals surface area (Å²) in [5, 5.41) is 0. The number of rotatable bonds is 6. The quantitative estimate of drug-likeness (QED) is 0.869. The largest absolute Gasteiger partial charge is 0.497 e. The third-order valence-corrected chi connectivity index (χ3v) is 3.25. The van der Waals surface area contributed by atoms with E-state index >= 15 is 0 Å². The fraction of sp³-hybridized carbons (Fsp3) is 0.294. The number of nitrogens with two attached hydrogens (primary N) is 1. The number of hydrogen-bond donors (Lipinski definition) is 1. The van der Waals surface area contributed by atoms with E-state index in [1.807, 2.05) is 42.5 Å². The van der Waals surface area contributed by atoms with Crippen molar-refractivity contribution >= 4 is 0 Å². The zero-order valence-electron chi connectivity index (χ0n) is 12.0. The van der Waals surface area contributed by atoms with E-state index < -0.39 is 0 Å². The third kappa shape index (κ3) is 3.75. The van der Waals surface area contributed by atoms with Gasteiger partial charge in [-0.15, -0.1) is 0 Å². The minimum absolute atomic E-state index is 0.157. The van der Waals surface area contributed by atoms with E-state index in [-0.39, 0.29) is 6.04 Å². The zero-order valence-corrected chi connectivity index (χ0v) is 12.0. The Kier molecular flexibility index (Phi) is 5.02. The monoisotopic (exact) mass is 271 g/mol. The van der Waals surface area contributed by atoms with Gasteiger partial charge in [0.15, 0.2) is 0 Å². The molecule has 3 heteroatoms. The van der Waals surface area contributed by atoms with Crippen LogP contribution in [0.5, 0.6) is 17.2 Å². The lowest BCUT2D eigenvalue weighted by atomic mass is 10.0. The van der Waals surface area contributed by atoms with Gasteiger partial charge < -0.3 is 15.2 Å². The molecule has 2 N–H and O–H groups in total. The molecule has 3 nitrogen and oxygen atoms in total. The lowest BCUT2D eigenvalue weighted by Crippen LogP contribution is -2.21. The van der Waals surface area contributed by atoms with E-state index in [9.17, 15) is 0 Å². The third-order valence-electron chi connectivity index (χ3n) is 3.25. The van der Waals surface area contributed by atoms with Gasteiger partial charge in [0.2, 0.25) is 0 Å². The first kappa shape index (κ1) is 14.4. The standard InChI is InChI=1S/C17H21NO2/c1-3-14(18)11-13-7-4-5-10-17(13)20-16-9-6-8-15(12-16)19-2/h4-10,12,14H,3,11,18H2,1-2H3. The summed E-state index contributed by atoms with van der Waals surface area (Å²) in [6.45, 7) is 2.09. The van der Waals surface area contributed by atoms with E-state index in [0.29, 0.717) is 0 Å². The lowest BCUT2D eigenvalue weighted by molar-refractivity contribution is 0.408. The van der Waals surface area contributed by atoms with E-state index in [0.717, 1.165) is 35.7 Å². The Bertz CT molecular complexity index is 554. The Balaban J connectivity index is 2.19. The highest BCUT2D eigenvalue weighted by Gasteiger charge is 2.08. The van der Waals surface area contributed by atoms with Crippen LogP contribution in [0.4, 0.5) is 0 Å². The molecule has 0 amide bonds. The van der Waals surface area contributed by atoms with Crippen LogP contribution in [0.2, 0.25) is 0 Å². The molecule has 0 heterocycles. The van der Waals surface area contributed by atoms with Gasteiger partial charge in [-0.2, -0.15) is 0 Å². The van der Waals surface area contributed by atoms with Gasteiger partial charge in [-0.3, -0.25) is 0 Å². The fourth-order valence-electron chi connectivity index (χ4n) is 1.99. The normalized spacial score (nSPS) is 11.9. The SMILES string of the molecule is CCC(N)Cc1ccccc1Oc1cccc(OC)c1. The molecule has 0 bridgehead atoms. The van der Waals surface area contributed by atoms with Crippen molar-refractivity contribution in [3.05, 3.63) is 54.1 Å². The maximum Gasteiger partial charge on any atom is 0.131 e. The van der Waals surface area contributed by atoms with Gasteiger partial charge in [0, 0.05) is 12.1 Å². The smallest absolute Gasteiger partial charge is 0.131 e. The summed E-state index contributed by atoms with van der Waals surface area (Å²) in [5.41, 5.74) is 7.17. The number of hydrogen-bond acceptors (Lipinski definition) is 3. The van der Waals surface area contributed by atoms with Gasteiger partial charge >= 0.3 is 0 Å². The number of benzene rings is 2. The lowest BCUT2D eigenvalue weighted by Gasteiger charge is -2.14. The van der Waals surface area contributed by atoms with E-state index in [1.54, 1.807) is 7.11 Å². The van der Waals surface area contributed by atoms with E-state index in [2.05, 4.69) is 13.0 Å². The summed E-state index contributed by atoms with van der Waals surface area (Å²) >= 11 is 0. The summed E-state index contributed by atoms with van der Waals surface area (Å²) in [4.78, 5) is 0. The highest BCUT2D eigenvalue weighted by molar-refractivity contribution is 5.40. The first-order valence-electron chi connectivity index (χ1n) is 6.88. The summed E-state index contributed by atoms with van der Waals surface area (Å²) in [7, 11) is 1.65. The second-order valence-corrected chi connectivity index (χ2v) is 4.76. The van der Waals surface area contributed by atoms with Crippen molar-refractivity contribution in [2.75, 3.05) is 7.11 Å². The molecule has 106 valence electrons. The molecular weight excluding hydrogens is 250 g/mol. The van der Waals surface area contributed by atoms with Crippen LogP contribution in [-0.4, -0.2) is 13.2 Å². The van der Waals surface area contributed by atoms with Crippen molar-refractivity contribution in [1.29, 1.82) is 0 Å². The molecule has 1 atom stereocenters. The topological polar surface area (TPSA) is 44.5 Å². The molecule has 0 saturated carbocycles. The molecule has 0 aliphatic heterocycles. The molecule has 2 aromatic rings. The molecule has 0 spiro atoms. The Morgan fingerprint density at radius 3 is 2.55 bits per heavy atom. The minimum atomic E-state index is 0.157. The Morgan fingerprint density at radius 1 is 1.05 bits per heavy atom. The molecular formula is C17H21NO2. The Labute approximate surface area is 120 Å². The van der Waals surface area contributed by atoms with Gasteiger partial charge in [-0.25, -0.2) is 0 Å². The minimum Gasteiger partial charge on any atom is -0.497 e. The van der Waals surface area contributed by atoms with E-state index in [1.165, 1.54) is 0 Å². The van der Waals surface area contributed by atoms with Gasteiger partial charge in [0.1, 0.15) is 17.2 Å². The average Bonchev–Trinajstić information content (AvgIpc) is 2.49.